The summed E-state index contributed by atoms with van der Waals surface area (Å²) in [6.45, 7) is 5.86. The molecule has 1 aromatic heterocycles. The van der Waals surface area contributed by atoms with Gasteiger partial charge in [0.25, 0.3) is 0 Å². The van der Waals surface area contributed by atoms with Crippen LogP contribution >= 0.6 is 11.3 Å². The van der Waals surface area contributed by atoms with Crippen molar-refractivity contribution in [1.82, 2.24) is 0 Å². The first kappa shape index (κ1) is 15.0. The molecule has 22 heavy (non-hydrogen) atoms. The fraction of sp³-hybridized carbons (Fsp3) is 0.312. The minimum Gasteiger partial charge on any atom is -0.284 e. The van der Waals surface area contributed by atoms with E-state index in [9.17, 15) is 13.6 Å². The summed E-state index contributed by atoms with van der Waals surface area (Å²) in [7, 11) is 0. The molecule has 1 aliphatic rings. The molecular formula is C16H16F2N2OS. The van der Waals surface area contributed by atoms with E-state index in [1.807, 2.05) is 32.2 Å². The SMILES string of the molecule is CC(C)(C)N1C(=O)N(c2c(F)cccc2F)Cc2ccsc21. The number of carbonyl (C=O) groups is 1. The molecular weight excluding hydrogens is 306 g/mol. The molecule has 0 unspecified atom stereocenters. The van der Waals surface area contributed by atoms with Crippen molar-refractivity contribution in [3.63, 3.8) is 0 Å². The predicted octanol–water partition coefficient (Wildman–Crippen LogP) is 4.77. The number of carbonyl (C=O) groups excluding carboxylic acids is 1. The molecule has 0 radical (unpaired) electrons. The van der Waals surface area contributed by atoms with Crippen LogP contribution in [-0.4, -0.2) is 11.6 Å². The first-order chi connectivity index (χ1) is 10.3. The Morgan fingerprint density at radius 1 is 1.14 bits per heavy atom. The van der Waals surface area contributed by atoms with Gasteiger partial charge in [0.1, 0.15) is 22.3 Å². The van der Waals surface area contributed by atoms with Crippen molar-refractivity contribution in [3.8, 4) is 0 Å². The van der Waals surface area contributed by atoms with Gasteiger partial charge in [-0.3, -0.25) is 9.80 Å². The van der Waals surface area contributed by atoms with Crippen LogP contribution in [0.3, 0.4) is 0 Å². The second-order valence-corrected chi connectivity index (χ2v) is 7.09. The van der Waals surface area contributed by atoms with Crippen LogP contribution in [0.15, 0.2) is 29.6 Å². The zero-order valence-corrected chi connectivity index (χ0v) is 13.4. The number of anilines is 2. The highest BCUT2D eigenvalue weighted by atomic mass is 32.1. The zero-order valence-electron chi connectivity index (χ0n) is 12.6. The van der Waals surface area contributed by atoms with Gasteiger partial charge >= 0.3 is 6.03 Å². The van der Waals surface area contributed by atoms with E-state index in [0.29, 0.717) is 0 Å². The molecule has 116 valence electrons. The van der Waals surface area contributed by atoms with Crippen LogP contribution in [0.2, 0.25) is 0 Å². The molecule has 0 saturated carbocycles. The fourth-order valence-electron chi connectivity index (χ4n) is 2.60. The number of urea groups is 1. The van der Waals surface area contributed by atoms with Gasteiger partial charge in [-0.2, -0.15) is 0 Å². The molecule has 0 atom stereocenters. The Kier molecular flexibility index (Phi) is 3.44. The average molecular weight is 322 g/mol. The van der Waals surface area contributed by atoms with Gasteiger partial charge in [0.05, 0.1) is 6.54 Å². The molecule has 1 aromatic carbocycles. The van der Waals surface area contributed by atoms with Crippen LogP contribution in [0, 0.1) is 11.6 Å². The number of amides is 2. The maximum Gasteiger partial charge on any atom is 0.330 e. The molecule has 3 nitrogen and oxygen atoms in total. The number of nitrogens with zero attached hydrogens (tertiary/aromatic N) is 2. The summed E-state index contributed by atoms with van der Waals surface area (Å²) in [5.74, 6) is -1.47. The van der Waals surface area contributed by atoms with Crippen LogP contribution in [0.5, 0.6) is 0 Å². The van der Waals surface area contributed by atoms with Crippen molar-refractivity contribution >= 4 is 28.1 Å². The summed E-state index contributed by atoms with van der Waals surface area (Å²) < 4.78 is 28.2. The van der Waals surface area contributed by atoms with Crippen molar-refractivity contribution in [3.05, 3.63) is 46.8 Å². The van der Waals surface area contributed by atoms with E-state index in [2.05, 4.69) is 0 Å². The van der Waals surface area contributed by atoms with E-state index in [1.54, 1.807) is 4.90 Å². The quantitative estimate of drug-likeness (QED) is 0.742. The van der Waals surface area contributed by atoms with E-state index in [1.165, 1.54) is 22.3 Å². The Morgan fingerprint density at radius 3 is 2.36 bits per heavy atom. The number of hydrogen-bond donors (Lipinski definition) is 0. The van der Waals surface area contributed by atoms with Gasteiger partial charge in [-0.15, -0.1) is 11.3 Å². The Bertz CT molecular complexity index is 716. The molecule has 1 aliphatic heterocycles. The lowest BCUT2D eigenvalue weighted by Crippen LogP contribution is -2.55. The molecule has 2 heterocycles. The Balaban J connectivity index is 2.15. The maximum atomic E-state index is 14.1. The van der Waals surface area contributed by atoms with E-state index in [0.717, 1.165) is 22.7 Å². The monoisotopic (exact) mass is 322 g/mol. The molecule has 0 aliphatic carbocycles. The summed E-state index contributed by atoms with van der Waals surface area (Å²) in [5, 5.41) is 2.73. The van der Waals surface area contributed by atoms with Crippen molar-refractivity contribution in [1.29, 1.82) is 0 Å². The van der Waals surface area contributed by atoms with Gasteiger partial charge in [0, 0.05) is 11.1 Å². The highest BCUT2D eigenvalue weighted by molar-refractivity contribution is 7.14. The van der Waals surface area contributed by atoms with Crippen LogP contribution < -0.4 is 9.80 Å². The van der Waals surface area contributed by atoms with Crippen LogP contribution in [-0.2, 0) is 6.54 Å². The number of para-hydroxylation sites is 1. The van der Waals surface area contributed by atoms with Crippen LogP contribution in [0.4, 0.5) is 24.3 Å². The molecule has 3 rings (SSSR count). The topological polar surface area (TPSA) is 23.6 Å². The molecule has 0 fully saturated rings. The van der Waals surface area contributed by atoms with E-state index in [4.69, 9.17) is 0 Å². The van der Waals surface area contributed by atoms with Crippen molar-refractivity contribution in [2.75, 3.05) is 9.80 Å². The second kappa shape index (κ2) is 5.05. The van der Waals surface area contributed by atoms with Gasteiger partial charge in [-0.25, -0.2) is 13.6 Å². The Morgan fingerprint density at radius 2 is 1.77 bits per heavy atom. The molecule has 6 heteroatoms. The molecule has 0 bridgehead atoms. The number of thiophene rings is 1. The molecule has 2 amide bonds. The largest absolute Gasteiger partial charge is 0.330 e. The first-order valence-corrected chi connectivity index (χ1v) is 7.81. The van der Waals surface area contributed by atoms with Gasteiger partial charge < -0.3 is 0 Å². The van der Waals surface area contributed by atoms with E-state index >= 15 is 0 Å². The lowest BCUT2D eigenvalue weighted by Gasteiger charge is -2.42. The standard InChI is InChI=1S/C16H16F2N2OS/c1-16(2,3)20-14-10(7-8-22-14)9-19(15(20)21)13-11(17)5-4-6-12(13)18/h4-8H,9H2,1-3H3. The number of benzene rings is 1. The van der Waals surface area contributed by atoms with Gasteiger partial charge in [0.2, 0.25) is 0 Å². The lowest BCUT2D eigenvalue weighted by molar-refractivity contribution is 0.244. The van der Waals surface area contributed by atoms with Crippen LogP contribution in [0.1, 0.15) is 26.3 Å². The summed E-state index contributed by atoms with van der Waals surface area (Å²) in [5.41, 5.74) is 0.109. The van der Waals surface area contributed by atoms with E-state index < -0.39 is 23.2 Å². The first-order valence-electron chi connectivity index (χ1n) is 6.93. The number of hydrogen-bond acceptors (Lipinski definition) is 2. The minimum absolute atomic E-state index is 0.169. The number of halogens is 2. The van der Waals surface area contributed by atoms with Crippen molar-refractivity contribution in [2.45, 2.75) is 32.9 Å². The third-order valence-corrected chi connectivity index (χ3v) is 4.50. The van der Waals surface area contributed by atoms with Crippen molar-refractivity contribution in [2.24, 2.45) is 0 Å². The zero-order chi connectivity index (χ0) is 16.1. The van der Waals surface area contributed by atoms with Gasteiger partial charge in [0.15, 0.2) is 0 Å². The molecule has 2 aromatic rings. The number of rotatable bonds is 1. The van der Waals surface area contributed by atoms with Gasteiger partial charge in [-0.05, 0) is 44.4 Å². The summed E-state index contributed by atoms with van der Waals surface area (Å²) >= 11 is 1.46. The lowest BCUT2D eigenvalue weighted by atomic mass is 10.0. The average Bonchev–Trinajstić information content (AvgIpc) is 2.84. The molecule has 0 saturated heterocycles. The van der Waals surface area contributed by atoms with Gasteiger partial charge in [-0.1, -0.05) is 6.07 Å². The predicted molar refractivity (Wildman–Crippen MR) is 84.5 cm³/mol. The van der Waals surface area contributed by atoms with E-state index in [-0.39, 0.29) is 12.2 Å². The number of fused-ring (bicyclic) bond motifs is 1. The van der Waals surface area contributed by atoms with Crippen LogP contribution in [0.25, 0.3) is 0 Å². The third kappa shape index (κ3) is 2.27. The third-order valence-electron chi connectivity index (χ3n) is 3.56. The fourth-order valence-corrected chi connectivity index (χ4v) is 3.71. The maximum absolute atomic E-state index is 14.1. The summed E-state index contributed by atoms with van der Waals surface area (Å²) in [4.78, 5) is 15.6. The Labute approximate surface area is 131 Å². The highest BCUT2D eigenvalue weighted by Gasteiger charge is 2.40. The summed E-state index contributed by atoms with van der Waals surface area (Å²) in [6.07, 6.45) is 0. The summed E-state index contributed by atoms with van der Waals surface area (Å²) in [6, 6.07) is 5.09. The normalized spacial score (nSPS) is 15.2. The molecule has 0 spiro atoms. The minimum atomic E-state index is -0.735. The highest BCUT2D eigenvalue weighted by Crippen LogP contribution is 2.40. The van der Waals surface area contributed by atoms with Crippen molar-refractivity contribution < 1.29 is 13.6 Å². The second-order valence-electron chi connectivity index (χ2n) is 6.20. The molecule has 0 N–H and O–H groups in total. The Hall–Kier alpha value is -1.95. The smallest absolute Gasteiger partial charge is 0.284 e.